The van der Waals surface area contributed by atoms with E-state index in [0.29, 0.717) is 17.6 Å². The molecule has 0 amide bonds. The summed E-state index contributed by atoms with van der Waals surface area (Å²) in [7, 11) is 0. The highest BCUT2D eigenvalue weighted by Gasteiger charge is 2.11. The number of pyridine rings is 1. The smallest absolute Gasteiger partial charge is 0.203 e. The van der Waals surface area contributed by atoms with E-state index in [-0.39, 0.29) is 16.8 Å². The molecule has 0 bridgehead atoms. The number of aromatic amines is 1. The van der Waals surface area contributed by atoms with E-state index in [0.717, 1.165) is 0 Å². The summed E-state index contributed by atoms with van der Waals surface area (Å²) in [4.78, 5) is 25.9. The van der Waals surface area contributed by atoms with E-state index in [1.165, 1.54) is 19.3 Å². The number of hydrogen-bond donors (Lipinski definition) is 1. The maximum absolute atomic E-state index is 11.8. The second-order valence-electron chi connectivity index (χ2n) is 3.31. The van der Waals surface area contributed by atoms with Crippen molar-refractivity contribution in [2.24, 2.45) is 0 Å². The van der Waals surface area contributed by atoms with Gasteiger partial charge in [-0.15, -0.1) is 0 Å². The van der Waals surface area contributed by atoms with Gasteiger partial charge in [0.05, 0.1) is 17.1 Å². The topological polar surface area (TPSA) is 67.8 Å². The summed E-state index contributed by atoms with van der Waals surface area (Å²) in [5, 5.41) is 4.51. The molecule has 2 heterocycles. The molecular formula is C10H11N3O2. The fraction of sp³-hybridized carbons (Fsp3) is 0.300. The predicted molar refractivity (Wildman–Crippen MR) is 56.0 cm³/mol. The number of carbonyl (C=O) groups is 1. The molecule has 0 saturated carbocycles. The molecule has 0 aliphatic heterocycles. The molecule has 2 aromatic heterocycles. The molecular weight excluding hydrogens is 194 g/mol. The number of ketones is 1. The lowest BCUT2D eigenvalue weighted by atomic mass is 10.2. The maximum Gasteiger partial charge on any atom is 0.203 e. The van der Waals surface area contributed by atoms with Crippen molar-refractivity contribution in [3.63, 3.8) is 0 Å². The zero-order valence-corrected chi connectivity index (χ0v) is 8.57. The SMILES string of the molecule is CCn1ncc2c(=O)c(C(C)=O)c[nH]c21. The summed E-state index contributed by atoms with van der Waals surface area (Å²) < 4.78 is 1.68. The highest BCUT2D eigenvalue weighted by atomic mass is 16.1. The average molecular weight is 205 g/mol. The number of Topliss-reactive ketones (excluding diaryl/α,β-unsaturated/α-hetero) is 1. The number of carbonyl (C=O) groups excluding carboxylic acids is 1. The molecule has 5 nitrogen and oxygen atoms in total. The molecule has 0 aromatic carbocycles. The monoisotopic (exact) mass is 205 g/mol. The highest BCUT2D eigenvalue weighted by molar-refractivity contribution is 5.96. The predicted octanol–water partition coefficient (Wildman–Crippen LogP) is 0.947. The van der Waals surface area contributed by atoms with Crippen molar-refractivity contribution in [3.05, 3.63) is 28.2 Å². The van der Waals surface area contributed by atoms with Gasteiger partial charge in [0.15, 0.2) is 5.78 Å². The van der Waals surface area contributed by atoms with Gasteiger partial charge in [0.25, 0.3) is 0 Å². The third-order valence-electron chi connectivity index (χ3n) is 2.36. The Balaban J connectivity index is 2.81. The lowest BCUT2D eigenvalue weighted by Crippen LogP contribution is -2.13. The lowest BCUT2D eigenvalue weighted by molar-refractivity contribution is 0.101. The average Bonchev–Trinajstić information content (AvgIpc) is 2.61. The standard InChI is InChI=1S/C10H11N3O2/c1-3-13-10-8(5-12-13)9(15)7(4-11-10)6(2)14/h4-5H,3H2,1-2H3,(H,11,15). The summed E-state index contributed by atoms with van der Waals surface area (Å²) in [5.74, 6) is -0.234. The van der Waals surface area contributed by atoms with Gasteiger partial charge in [0.2, 0.25) is 5.43 Å². The fourth-order valence-electron chi connectivity index (χ4n) is 1.56. The van der Waals surface area contributed by atoms with E-state index < -0.39 is 0 Å². The number of H-pyrrole nitrogens is 1. The number of hydrogen-bond acceptors (Lipinski definition) is 3. The quantitative estimate of drug-likeness (QED) is 0.742. The minimum Gasteiger partial charge on any atom is -0.345 e. The Morgan fingerprint density at radius 1 is 1.60 bits per heavy atom. The lowest BCUT2D eigenvalue weighted by Gasteiger charge is -1.99. The van der Waals surface area contributed by atoms with Gasteiger partial charge in [-0.2, -0.15) is 5.10 Å². The van der Waals surface area contributed by atoms with Crippen LogP contribution in [0.5, 0.6) is 0 Å². The van der Waals surface area contributed by atoms with Crippen LogP contribution in [-0.4, -0.2) is 20.5 Å². The number of fused-ring (bicyclic) bond motifs is 1. The molecule has 0 fully saturated rings. The van der Waals surface area contributed by atoms with Crippen LogP contribution in [0.25, 0.3) is 11.0 Å². The van der Waals surface area contributed by atoms with Crippen molar-refractivity contribution in [1.29, 1.82) is 0 Å². The van der Waals surface area contributed by atoms with E-state index in [1.807, 2.05) is 6.92 Å². The summed E-state index contributed by atoms with van der Waals surface area (Å²) >= 11 is 0. The number of aromatic nitrogens is 3. The Bertz CT molecular complexity index is 580. The van der Waals surface area contributed by atoms with Gasteiger partial charge >= 0.3 is 0 Å². The second kappa shape index (κ2) is 3.34. The van der Waals surface area contributed by atoms with Crippen molar-refractivity contribution < 1.29 is 4.79 Å². The first-order chi connectivity index (χ1) is 7.15. The molecule has 2 aromatic rings. The third kappa shape index (κ3) is 1.36. The molecule has 0 saturated heterocycles. The van der Waals surface area contributed by atoms with Crippen LogP contribution in [0.1, 0.15) is 24.2 Å². The van der Waals surface area contributed by atoms with Crippen LogP contribution in [0.4, 0.5) is 0 Å². The van der Waals surface area contributed by atoms with Crippen LogP contribution >= 0.6 is 0 Å². The molecule has 0 radical (unpaired) electrons. The highest BCUT2D eigenvalue weighted by Crippen LogP contribution is 2.07. The number of nitrogens with zero attached hydrogens (tertiary/aromatic N) is 2. The number of aryl methyl sites for hydroxylation is 1. The van der Waals surface area contributed by atoms with E-state index in [9.17, 15) is 9.59 Å². The van der Waals surface area contributed by atoms with Gasteiger partial charge in [0, 0.05) is 12.7 Å². The van der Waals surface area contributed by atoms with Crippen molar-refractivity contribution in [3.8, 4) is 0 Å². The molecule has 0 spiro atoms. The minimum atomic E-state index is -0.254. The zero-order valence-electron chi connectivity index (χ0n) is 8.57. The molecule has 5 heteroatoms. The molecule has 0 unspecified atom stereocenters. The van der Waals surface area contributed by atoms with Crippen molar-refractivity contribution in [2.45, 2.75) is 20.4 Å². The first kappa shape index (κ1) is 9.64. The second-order valence-corrected chi connectivity index (χ2v) is 3.31. The van der Waals surface area contributed by atoms with E-state index in [4.69, 9.17) is 0 Å². The Morgan fingerprint density at radius 2 is 2.33 bits per heavy atom. The van der Waals surface area contributed by atoms with E-state index >= 15 is 0 Å². The van der Waals surface area contributed by atoms with Crippen molar-refractivity contribution in [2.75, 3.05) is 0 Å². The Morgan fingerprint density at radius 3 is 2.93 bits per heavy atom. The number of rotatable bonds is 2. The van der Waals surface area contributed by atoms with Gasteiger partial charge in [-0.05, 0) is 13.8 Å². The van der Waals surface area contributed by atoms with Crippen molar-refractivity contribution >= 4 is 16.8 Å². The molecule has 1 N–H and O–H groups in total. The fourth-order valence-corrected chi connectivity index (χ4v) is 1.56. The van der Waals surface area contributed by atoms with E-state index in [1.54, 1.807) is 4.68 Å². The third-order valence-corrected chi connectivity index (χ3v) is 2.36. The molecule has 2 rings (SSSR count). The summed E-state index contributed by atoms with van der Waals surface area (Å²) in [6, 6.07) is 0. The minimum absolute atomic E-state index is 0.179. The van der Waals surface area contributed by atoms with Gasteiger partial charge in [-0.25, -0.2) is 4.68 Å². The summed E-state index contributed by atoms with van der Waals surface area (Å²) in [6.07, 6.45) is 2.94. The van der Waals surface area contributed by atoms with Crippen LogP contribution in [0, 0.1) is 0 Å². The van der Waals surface area contributed by atoms with Crippen LogP contribution in [0.15, 0.2) is 17.2 Å². The molecule has 0 aliphatic rings. The van der Waals surface area contributed by atoms with Crippen molar-refractivity contribution in [1.82, 2.24) is 14.8 Å². The molecule has 0 atom stereocenters. The van der Waals surface area contributed by atoms with Crippen LogP contribution in [0.3, 0.4) is 0 Å². The Labute approximate surface area is 85.7 Å². The summed E-state index contributed by atoms with van der Waals surface area (Å²) in [6.45, 7) is 3.99. The van der Waals surface area contributed by atoms with Gasteiger partial charge < -0.3 is 4.98 Å². The van der Waals surface area contributed by atoms with Gasteiger partial charge in [0.1, 0.15) is 5.65 Å². The maximum atomic E-state index is 11.8. The molecule has 0 aliphatic carbocycles. The van der Waals surface area contributed by atoms with Gasteiger partial charge in [-0.1, -0.05) is 0 Å². The molecule has 15 heavy (non-hydrogen) atoms. The van der Waals surface area contributed by atoms with Crippen LogP contribution in [-0.2, 0) is 6.54 Å². The Kier molecular flexibility index (Phi) is 2.15. The largest absolute Gasteiger partial charge is 0.345 e. The zero-order chi connectivity index (χ0) is 11.0. The summed E-state index contributed by atoms with van der Waals surface area (Å²) in [5.41, 5.74) is 0.585. The van der Waals surface area contributed by atoms with Crippen LogP contribution in [0.2, 0.25) is 0 Å². The first-order valence-electron chi connectivity index (χ1n) is 4.73. The van der Waals surface area contributed by atoms with Gasteiger partial charge in [-0.3, -0.25) is 9.59 Å². The van der Waals surface area contributed by atoms with E-state index in [2.05, 4.69) is 10.1 Å². The van der Waals surface area contributed by atoms with Crippen LogP contribution < -0.4 is 5.43 Å². The normalized spacial score (nSPS) is 10.8. The molecule has 78 valence electrons. The number of nitrogens with one attached hydrogen (secondary N) is 1. The first-order valence-corrected chi connectivity index (χ1v) is 4.73. The Hall–Kier alpha value is -1.91.